The van der Waals surface area contributed by atoms with Crippen molar-refractivity contribution in [1.29, 1.82) is 0 Å². The van der Waals surface area contributed by atoms with Gasteiger partial charge in [0.2, 0.25) is 0 Å². The fourth-order valence-electron chi connectivity index (χ4n) is 1.85. The number of hydrogen-bond acceptors (Lipinski definition) is 5. The molecular weight excluding hydrogens is 357 g/mol. The third-order valence-electron chi connectivity index (χ3n) is 3.47. The summed E-state index contributed by atoms with van der Waals surface area (Å²) in [7, 11) is 1.24. The highest BCUT2D eigenvalue weighted by molar-refractivity contribution is 6.42. The first kappa shape index (κ1) is 20.3. The van der Waals surface area contributed by atoms with Crippen molar-refractivity contribution in [2.24, 2.45) is 5.92 Å². The molecule has 0 aromatic heterocycles. The van der Waals surface area contributed by atoms with E-state index in [0.717, 1.165) is 0 Å². The maximum Gasteiger partial charge on any atom is 0.338 e. The highest BCUT2D eigenvalue weighted by Crippen LogP contribution is 2.22. The summed E-state index contributed by atoms with van der Waals surface area (Å²) in [6, 6.07) is 3.44. The monoisotopic (exact) mass is 375 g/mol. The van der Waals surface area contributed by atoms with Crippen LogP contribution in [0.4, 0.5) is 0 Å². The molecule has 1 amide bonds. The van der Waals surface area contributed by atoms with Crippen molar-refractivity contribution in [1.82, 2.24) is 5.32 Å². The summed E-state index contributed by atoms with van der Waals surface area (Å²) in [5.41, 5.74) is 0.170. The number of methoxy groups -OCH3 is 1. The van der Waals surface area contributed by atoms with Gasteiger partial charge in [0.1, 0.15) is 6.04 Å². The fourth-order valence-corrected chi connectivity index (χ4v) is 2.15. The Morgan fingerprint density at radius 3 is 2.42 bits per heavy atom. The van der Waals surface area contributed by atoms with E-state index in [0.29, 0.717) is 11.4 Å². The molecule has 1 aromatic rings. The first-order valence-corrected chi connectivity index (χ1v) is 8.05. The van der Waals surface area contributed by atoms with Crippen LogP contribution in [0.2, 0.25) is 10.0 Å². The van der Waals surface area contributed by atoms with Crippen molar-refractivity contribution in [2.75, 3.05) is 13.7 Å². The lowest BCUT2D eigenvalue weighted by atomic mass is 9.99. The second-order valence-corrected chi connectivity index (χ2v) is 5.97. The number of carbonyl (C=O) groups is 3. The molecule has 6 nitrogen and oxygen atoms in total. The van der Waals surface area contributed by atoms with Crippen LogP contribution in [0.5, 0.6) is 0 Å². The van der Waals surface area contributed by atoms with E-state index in [9.17, 15) is 14.4 Å². The number of nitrogens with one attached hydrogen (secondary N) is 1. The normalized spacial score (nSPS) is 12.9. The molecule has 2 atom stereocenters. The van der Waals surface area contributed by atoms with E-state index in [1.54, 1.807) is 0 Å². The van der Waals surface area contributed by atoms with Crippen LogP contribution in [0.3, 0.4) is 0 Å². The summed E-state index contributed by atoms with van der Waals surface area (Å²) in [5, 5.41) is 3.02. The second-order valence-electron chi connectivity index (χ2n) is 5.16. The van der Waals surface area contributed by atoms with Gasteiger partial charge in [-0.05, 0) is 24.1 Å². The van der Waals surface area contributed by atoms with Crippen LogP contribution in [0.1, 0.15) is 30.6 Å². The maximum absolute atomic E-state index is 11.9. The number of halogens is 2. The number of carbonyl (C=O) groups excluding carboxylic acids is 3. The number of benzene rings is 1. The topological polar surface area (TPSA) is 81.7 Å². The zero-order chi connectivity index (χ0) is 18.3. The Labute approximate surface area is 150 Å². The Morgan fingerprint density at radius 2 is 1.88 bits per heavy atom. The number of hydrogen-bond donors (Lipinski definition) is 1. The molecule has 0 unspecified atom stereocenters. The van der Waals surface area contributed by atoms with E-state index in [1.807, 2.05) is 13.8 Å². The largest absolute Gasteiger partial charge is 0.467 e. The molecule has 132 valence electrons. The molecule has 0 aliphatic carbocycles. The van der Waals surface area contributed by atoms with Gasteiger partial charge in [-0.25, -0.2) is 9.59 Å². The Hall–Kier alpha value is -1.79. The Kier molecular flexibility index (Phi) is 8.01. The minimum atomic E-state index is -0.795. The minimum absolute atomic E-state index is 0.118. The van der Waals surface area contributed by atoms with Crippen molar-refractivity contribution in [3.05, 3.63) is 33.8 Å². The number of ether oxygens (including phenoxy) is 2. The quantitative estimate of drug-likeness (QED) is 0.740. The van der Waals surface area contributed by atoms with E-state index in [1.165, 1.54) is 25.3 Å². The van der Waals surface area contributed by atoms with Crippen molar-refractivity contribution in [2.45, 2.75) is 26.3 Å². The van der Waals surface area contributed by atoms with Gasteiger partial charge in [0.05, 0.1) is 22.7 Å². The second kappa shape index (κ2) is 9.49. The molecule has 0 aliphatic rings. The van der Waals surface area contributed by atoms with Gasteiger partial charge in [0.15, 0.2) is 6.61 Å². The van der Waals surface area contributed by atoms with E-state index >= 15 is 0 Å². The SMILES string of the molecule is CC[C@@H](C)[C@@H](NC(=O)COC(=O)c1ccc(Cl)c(Cl)c1)C(=O)OC. The van der Waals surface area contributed by atoms with Crippen molar-refractivity contribution >= 4 is 41.0 Å². The molecule has 24 heavy (non-hydrogen) atoms. The molecule has 0 radical (unpaired) electrons. The molecule has 0 bridgehead atoms. The first-order chi connectivity index (χ1) is 11.3. The summed E-state index contributed by atoms with van der Waals surface area (Å²) < 4.78 is 9.57. The molecule has 0 fully saturated rings. The molecule has 1 rings (SSSR count). The van der Waals surface area contributed by atoms with Crippen molar-refractivity contribution < 1.29 is 23.9 Å². The summed E-state index contributed by atoms with van der Waals surface area (Å²) >= 11 is 11.6. The molecule has 0 saturated heterocycles. The lowest BCUT2D eigenvalue weighted by molar-refractivity contribution is -0.147. The van der Waals surface area contributed by atoms with Crippen molar-refractivity contribution in [3.63, 3.8) is 0 Å². The van der Waals surface area contributed by atoms with Crippen LogP contribution < -0.4 is 5.32 Å². The maximum atomic E-state index is 11.9. The third-order valence-corrected chi connectivity index (χ3v) is 4.21. The predicted octanol–water partition coefficient (Wildman–Crippen LogP) is 2.85. The zero-order valence-corrected chi connectivity index (χ0v) is 15.1. The fraction of sp³-hybridized carbons (Fsp3) is 0.438. The predicted molar refractivity (Wildman–Crippen MR) is 90.1 cm³/mol. The summed E-state index contributed by atoms with van der Waals surface area (Å²) in [5.74, 6) is -1.98. The van der Waals surface area contributed by atoms with Gasteiger partial charge in [0.25, 0.3) is 5.91 Å². The minimum Gasteiger partial charge on any atom is -0.467 e. The standard InChI is InChI=1S/C16H19Cl2NO5/c1-4-9(2)14(16(22)23-3)19-13(20)8-24-15(21)10-5-6-11(17)12(18)7-10/h5-7,9,14H,4,8H2,1-3H3,(H,19,20)/t9-,14-/m1/s1. The highest BCUT2D eigenvalue weighted by Gasteiger charge is 2.27. The van der Waals surface area contributed by atoms with Gasteiger partial charge in [-0.2, -0.15) is 0 Å². The number of rotatable bonds is 7. The van der Waals surface area contributed by atoms with Crippen LogP contribution in [0, 0.1) is 5.92 Å². The van der Waals surface area contributed by atoms with E-state index < -0.39 is 30.5 Å². The molecule has 8 heteroatoms. The molecule has 0 aliphatic heterocycles. The summed E-state index contributed by atoms with van der Waals surface area (Å²) in [6.07, 6.45) is 0.670. The molecule has 0 spiro atoms. The molecular formula is C16H19Cl2NO5. The number of amides is 1. The van der Waals surface area contributed by atoms with Gasteiger partial charge < -0.3 is 14.8 Å². The van der Waals surface area contributed by atoms with Gasteiger partial charge in [-0.1, -0.05) is 43.5 Å². The van der Waals surface area contributed by atoms with Crippen LogP contribution in [0.15, 0.2) is 18.2 Å². The zero-order valence-electron chi connectivity index (χ0n) is 13.6. The van der Waals surface area contributed by atoms with E-state index in [2.05, 4.69) is 10.1 Å². The average molecular weight is 376 g/mol. The number of esters is 2. The lowest BCUT2D eigenvalue weighted by Crippen LogP contribution is -2.47. The smallest absolute Gasteiger partial charge is 0.338 e. The van der Waals surface area contributed by atoms with Gasteiger partial charge in [0, 0.05) is 0 Å². The third kappa shape index (κ3) is 5.69. The average Bonchev–Trinajstić information content (AvgIpc) is 2.58. The first-order valence-electron chi connectivity index (χ1n) is 7.29. The molecule has 0 saturated carbocycles. The Morgan fingerprint density at radius 1 is 1.21 bits per heavy atom. The summed E-state index contributed by atoms with van der Waals surface area (Å²) in [6.45, 7) is 3.17. The lowest BCUT2D eigenvalue weighted by Gasteiger charge is -2.21. The van der Waals surface area contributed by atoms with Gasteiger partial charge in [-0.15, -0.1) is 0 Å². The van der Waals surface area contributed by atoms with Gasteiger partial charge in [-0.3, -0.25) is 4.79 Å². The molecule has 0 heterocycles. The Balaban J connectivity index is 2.62. The molecule has 1 aromatic carbocycles. The highest BCUT2D eigenvalue weighted by atomic mass is 35.5. The molecule has 1 N–H and O–H groups in total. The van der Waals surface area contributed by atoms with E-state index in [-0.39, 0.29) is 16.5 Å². The van der Waals surface area contributed by atoms with Crippen LogP contribution in [-0.4, -0.2) is 37.6 Å². The summed E-state index contributed by atoms with van der Waals surface area (Å²) in [4.78, 5) is 35.5. The van der Waals surface area contributed by atoms with Crippen LogP contribution >= 0.6 is 23.2 Å². The Bertz CT molecular complexity index is 620. The van der Waals surface area contributed by atoms with E-state index in [4.69, 9.17) is 27.9 Å². The van der Waals surface area contributed by atoms with Crippen LogP contribution in [0.25, 0.3) is 0 Å². The van der Waals surface area contributed by atoms with Gasteiger partial charge >= 0.3 is 11.9 Å². The van der Waals surface area contributed by atoms with Crippen LogP contribution in [-0.2, 0) is 19.1 Å². The van der Waals surface area contributed by atoms with Crippen molar-refractivity contribution in [3.8, 4) is 0 Å².